The predicted octanol–water partition coefficient (Wildman–Crippen LogP) is 2.82. The highest BCUT2D eigenvalue weighted by Crippen LogP contribution is 2.20. The second-order valence-corrected chi connectivity index (χ2v) is 5.99. The molecule has 1 saturated heterocycles. The first-order valence-electron chi connectivity index (χ1n) is 7.73. The molecular formula is C17H18ClN3O3. The van der Waals surface area contributed by atoms with Crippen LogP contribution in [0.1, 0.15) is 23.2 Å². The number of benzene rings is 1. The van der Waals surface area contributed by atoms with Crippen LogP contribution in [-0.2, 0) is 0 Å². The zero-order valence-electron chi connectivity index (χ0n) is 13.3. The van der Waals surface area contributed by atoms with E-state index in [0.717, 1.165) is 12.8 Å². The van der Waals surface area contributed by atoms with Crippen LogP contribution in [0.5, 0.6) is 11.8 Å². The summed E-state index contributed by atoms with van der Waals surface area (Å²) in [5.41, 5.74) is 0.609. The topological polar surface area (TPSA) is 64.5 Å². The number of methoxy groups -OCH3 is 1. The van der Waals surface area contributed by atoms with Crippen LogP contribution in [-0.4, -0.2) is 47.1 Å². The maximum absolute atomic E-state index is 12.7. The molecule has 1 aliphatic rings. The molecule has 6 nitrogen and oxygen atoms in total. The fourth-order valence-electron chi connectivity index (χ4n) is 2.67. The summed E-state index contributed by atoms with van der Waals surface area (Å²) in [7, 11) is 1.58. The molecule has 1 atom stereocenters. The standard InChI is InChI=1S/C17H18ClN3O3/c1-23-14-5-2-4-12(8-14)16(22)21-7-3-6-15(11-21)24-17-19-9-13(18)10-20-17/h2,4-5,8-10,15H,3,6-7,11H2,1H3/t15-/m1/s1. The van der Waals surface area contributed by atoms with E-state index in [0.29, 0.717) is 29.4 Å². The number of amides is 1. The molecule has 1 fully saturated rings. The average Bonchev–Trinajstić information content (AvgIpc) is 2.63. The van der Waals surface area contributed by atoms with Crippen molar-refractivity contribution in [1.82, 2.24) is 14.9 Å². The Labute approximate surface area is 145 Å². The van der Waals surface area contributed by atoms with Crippen LogP contribution >= 0.6 is 11.6 Å². The van der Waals surface area contributed by atoms with E-state index in [2.05, 4.69) is 9.97 Å². The van der Waals surface area contributed by atoms with Crippen molar-refractivity contribution in [2.24, 2.45) is 0 Å². The molecule has 0 unspecified atom stereocenters. The molecule has 7 heteroatoms. The van der Waals surface area contributed by atoms with Gasteiger partial charge in [0.15, 0.2) is 0 Å². The van der Waals surface area contributed by atoms with Crippen molar-refractivity contribution in [2.45, 2.75) is 18.9 Å². The fourth-order valence-corrected chi connectivity index (χ4v) is 2.77. The zero-order valence-corrected chi connectivity index (χ0v) is 14.1. The largest absolute Gasteiger partial charge is 0.497 e. The number of aromatic nitrogens is 2. The maximum Gasteiger partial charge on any atom is 0.316 e. The number of rotatable bonds is 4. The minimum absolute atomic E-state index is 0.0285. The van der Waals surface area contributed by atoms with Gasteiger partial charge in [-0.05, 0) is 31.0 Å². The summed E-state index contributed by atoms with van der Waals surface area (Å²) in [4.78, 5) is 22.5. The SMILES string of the molecule is COc1cccc(C(=O)N2CCC[C@@H](Oc3ncc(Cl)cn3)C2)c1. The highest BCUT2D eigenvalue weighted by atomic mass is 35.5. The van der Waals surface area contributed by atoms with Crippen molar-refractivity contribution < 1.29 is 14.3 Å². The first-order valence-corrected chi connectivity index (χ1v) is 8.11. The van der Waals surface area contributed by atoms with Crippen molar-refractivity contribution in [2.75, 3.05) is 20.2 Å². The van der Waals surface area contributed by atoms with Crippen LogP contribution in [0.25, 0.3) is 0 Å². The minimum Gasteiger partial charge on any atom is -0.497 e. The second kappa shape index (κ2) is 7.49. The Kier molecular flexibility index (Phi) is 5.15. The highest BCUT2D eigenvalue weighted by molar-refractivity contribution is 6.30. The molecule has 0 spiro atoms. The van der Waals surface area contributed by atoms with E-state index in [-0.39, 0.29) is 18.0 Å². The Balaban J connectivity index is 1.66. The van der Waals surface area contributed by atoms with Gasteiger partial charge in [0.1, 0.15) is 11.9 Å². The third-order valence-corrected chi connectivity index (χ3v) is 4.05. The number of likely N-dealkylation sites (tertiary alicyclic amines) is 1. The molecule has 126 valence electrons. The molecule has 0 saturated carbocycles. The van der Waals surface area contributed by atoms with E-state index >= 15 is 0 Å². The van der Waals surface area contributed by atoms with E-state index in [1.165, 1.54) is 12.4 Å². The third-order valence-electron chi connectivity index (χ3n) is 3.85. The third kappa shape index (κ3) is 3.94. The average molecular weight is 348 g/mol. The summed E-state index contributed by atoms with van der Waals surface area (Å²) in [6.45, 7) is 1.21. The molecule has 2 heterocycles. The summed E-state index contributed by atoms with van der Waals surface area (Å²) in [5.74, 6) is 0.638. The van der Waals surface area contributed by atoms with Crippen LogP contribution in [0.15, 0.2) is 36.7 Å². The van der Waals surface area contributed by atoms with Crippen LogP contribution in [0.2, 0.25) is 5.02 Å². The number of piperidine rings is 1. The minimum atomic E-state index is -0.130. The molecule has 24 heavy (non-hydrogen) atoms. The molecule has 2 aromatic rings. The van der Waals surface area contributed by atoms with Crippen molar-refractivity contribution in [3.05, 3.63) is 47.2 Å². The molecule has 1 amide bonds. The normalized spacial score (nSPS) is 17.4. The zero-order chi connectivity index (χ0) is 16.9. The number of carbonyl (C=O) groups excluding carboxylic acids is 1. The van der Waals surface area contributed by atoms with E-state index in [1.807, 2.05) is 12.1 Å². The lowest BCUT2D eigenvalue weighted by molar-refractivity contribution is 0.0515. The number of carbonyl (C=O) groups is 1. The molecule has 0 aliphatic carbocycles. The van der Waals surface area contributed by atoms with Gasteiger partial charge in [-0.1, -0.05) is 17.7 Å². The maximum atomic E-state index is 12.7. The van der Waals surface area contributed by atoms with Crippen LogP contribution in [0.4, 0.5) is 0 Å². The molecule has 0 N–H and O–H groups in total. The van der Waals surface area contributed by atoms with Gasteiger partial charge in [-0.3, -0.25) is 4.79 Å². The van der Waals surface area contributed by atoms with Gasteiger partial charge in [-0.25, -0.2) is 9.97 Å². The summed E-state index contributed by atoms with van der Waals surface area (Å²) < 4.78 is 11.0. The molecule has 1 aromatic heterocycles. The van der Waals surface area contributed by atoms with Crippen LogP contribution in [0, 0.1) is 0 Å². The summed E-state index contributed by atoms with van der Waals surface area (Å²) in [5, 5.41) is 0.459. The molecule has 0 radical (unpaired) electrons. The number of halogens is 1. The monoisotopic (exact) mass is 347 g/mol. The first-order chi connectivity index (χ1) is 11.7. The lowest BCUT2D eigenvalue weighted by Gasteiger charge is -2.32. The fraction of sp³-hybridized carbons (Fsp3) is 0.353. The lowest BCUT2D eigenvalue weighted by atomic mass is 10.1. The van der Waals surface area contributed by atoms with Crippen LogP contribution in [0.3, 0.4) is 0 Å². The van der Waals surface area contributed by atoms with Gasteiger partial charge in [0.25, 0.3) is 5.91 Å². The van der Waals surface area contributed by atoms with E-state index < -0.39 is 0 Å². The van der Waals surface area contributed by atoms with Crippen LogP contribution < -0.4 is 9.47 Å². The molecule has 1 aliphatic heterocycles. The van der Waals surface area contributed by atoms with Gasteiger partial charge in [-0.15, -0.1) is 0 Å². The Morgan fingerprint density at radius 1 is 1.33 bits per heavy atom. The summed E-state index contributed by atoms with van der Waals surface area (Å²) >= 11 is 5.77. The van der Waals surface area contributed by atoms with Gasteiger partial charge in [0, 0.05) is 12.1 Å². The molecule has 3 rings (SSSR count). The predicted molar refractivity (Wildman–Crippen MR) is 89.6 cm³/mol. The van der Waals surface area contributed by atoms with Gasteiger partial charge in [0.2, 0.25) is 0 Å². The second-order valence-electron chi connectivity index (χ2n) is 5.55. The lowest BCUT2D eigenvalue weighted by Crippen LogP contribution is -2.44. The Hall–Kier alpha value is -2.34. The molecule has 1 aromatic carbocycles. The molecular weight excluding hydrogens is 330 g/mol. The summed E-state index contributed by atoms with van der Waals surface area (Å²) in [6.07, 6.45) is 4.58. The highest BCUT2D eigenvalue weighted by Gasteiger charge is 2.26. The van der Waals surface area contributed by atoms with Crippen molar-refractivity contribution >= 4 is 17.5 Å². The van der Waals surface area contributed by atoms with E-state index in [9.17, 15) is 4.79 Å². The van der Waals surface area contributed by atoms with Gasteiger partial charge >= 0.3 is 6.01 Å². The number of ether oxygens (including phenoxy) is 2. The Morgan fingerprint density at radius 3 is 2.88 bits per heavy atom. The van der Waals surface area contributed by atoms with Gasteiger partial charge < -0.3 is 14.4 Å². The van der Waals surface area contributed by atoms with Gasteiger partial charge in [0.05, 0.1) is 31.1 Å². The smallest absolute Gasteiger partial charge is 0.316 e. The number of hydrogen-bond donors (Lipinski definition) is 0. The van der Waals surface area contributed by atoms with Crippen molar-refractivity contribution in [1.29, 1.82) is 0 Å². The quantitative estimate of drug-likeness (QED) is 0.851. The van der Waals surface area contributed by atoms with E-state index in [1.54, 1.807) is 24.1 Å². The molecule has 0 bridgehead atoms. The Bertz CT molecular complexity index is 708. The first kappa shape index (κ1) is 16.5. The summed E-state index contributed by atoms with van der Waals surface area (Å²) in [6, 6.07) is 7.44. The van der Waals surface area contributed by atoms with E-state index in [4.69, 9.17) is 21.1 Å². The Morgan fingerprint density at radius 2 is 2.12 bits per heavy atom. The van der Waals surface area contributed by atoms with Crippen molar-refractivity contribution in [3.63, 3.8) is 0 Å². The van der Waals surface area contributed by atoms with Crippen molar-refractivity contribution in [3.8, 4) is 11.8 Å². The number of hydrogen-bond acceptors (Lipinski definition) is 5. The van der Waals surface area contributed by atoms with Gasteiger partial charge in [-0.2, -0.15) is 0 Å². The number of nitrogens with zero attached hydrogens (tertiary/aromatic N) is 3.